The molecule has 0 aliphatic rings. The second kappa shape index (κ2) is 8.27. The van der Waals surface area contributed by atoms with E-state index >= 15 is 0 Å². The summed E-state index contributed by atoms with van der Waals surface area (Å²) in [4.78, 5) is 12.1. The minimum atomic E-state index is -3.72. The zero-order valence-corrected chi connectivity index (χ0v) is 15.4. The maximum Gasteiger partial charge on any atom is 0.261 e. The van der Waals surface area contributed by atoms with E-state index in [-0.39, 0.29) is 10.8 Å². The summed E-state index contributed by atoms with van der Waals surface area (Å²) in [6.45, 7) is 0.784. The Bertz CT molecular complexity index is 807. The van der Waals surface area contributed by atoms with Crippen LogP contribution in [0.15, 0.2) is 57.9 Å². The van der Waals surface area contributed by atoms with Crippen LogP contribution in [0.3, 0.4) is 0 Å². The summed E-state index contributed by atoms with van der Waals surface area (Å²) < 4.78 is 32.8. The van der Waals surface area contributed by atoms with E-state index in [1.807, 2.05) is 0 Å². The highest BCUT2D eigenvalue weighted by molar-refractivity contribution is 9.10. The van der Waals surface area contributed by atoms with Gasteiger partial charge in [-0.1, -0.05) is 22.0 Å². The Morgan fingerprint density at radius 2 is 1.88 bits per heavy atom. The minimum absolute atomic E-state index is 0.139. The topological polar surface area (TPSA) is 84.5 Å². The highest BCUT2D eigenvalue weighted by Crippen LogP contribution is 2.19. The van der Waals surface area contributed by atoms with Gasteiger partial charge < -0.3 is 10.1 Å². The van der Waals surface area contributed by atoms with Crippen LogP contribution in [0.1, 0.15) is 10.4 Å². The van der Waals surface area contributed by atoms with E-state index in [0.29, 0.717) is 24.4 Å². The lowest BCUT2D eigenvalue weighted by atomic mass is 10.2. The van der Waals surface area contributed by atoms with Gasteiger partial charge in [0.05, 0.1) is 11.5 Å². The number of anilines is 1. The molecule has 2 N–H and O–H groups in total. The average Bonchev–Trinajstić information content (AvgIpc) is 2.55. The Labute approximate surface area is 149 Å². The number of benzene rings is 2. The van der Waals surface area contributed by atoms with Gasteiger partial charge in [-0.2, -0.15) is 0 Å². The first kappa shape index (κ1) is 18.4. The molecule has 24 heavy (non-hydrogen) atoms. The molecule has 0 aliphatic carbocycles. The zero-order valence-electron chi connectivity index (χ0n) is 13.0. The number of amides is 1. The van der Waals surface area contributed by atoms with Gasteiger partial charge in [-0.25, -0.2) is 8.42 Å². The van der Waals surface area contributed by atoms with Crippen molar-refractivity contribution >= 4 is 37.5 Å². The van der Waals surface area contributed by atoms with Gasteiger partial charge in [-0.05, 0) is 42.5 Å². The fourth-order valence-electron chi connectivity index (χ4n) is 1.92. The molecule has 0 bridgehead atoms. The molecule has 0 saturated carbocycles. The van der Waals surface area contributed by atoms with Crippen LogP contribution >= 0.6 is 15.9 Å². The third-order valence-electron chi connectivity index (χ3n) is 3.09. The standard InChI is InChI=1S/C16H17BrN2O4S/c1-23-10-9-18-16(20)12-3-2-4-14(11-12)19-24(21,22)15-7-5-13(17)6-8-15/h2-8,11,19H,9-10H2,1H3,(H,18,20). The molecule has 8 heteroatoms. The summed E-state index contributed by atoms with van der Waals surface area (Å²) >= 11 is 3.26. The third-order valence-corrected chi connectivity index (χ3v) is 5.02. The van der Waals surface area contributed by atoms with Crippen LogP contribution in [0, 0.1) is 0 Å². The molecular formula is C16H17BrN2O4S. The molecule has 0 radical (unpaired) electrons. The van der Waals surface area contributed by atoms with Crippen molar-refractivity contribution in [1.29, 1.82) is 0 Å². The average molecular weight is 413 g/mol. The van der Waals surface area contributed by atoms with Crippen LogP contribution in [0.25, 0.3) is 0 Å². The maximum absolute atomic E-state index is 12.4. The first-order valence-electron chi connectivity index (χ1n) is 7.08. The summed E-state index contributed by atoms with van der Waals surface area (Å²) in [6, 6.07) is 12.6. The lowest BCUT2D eigenvalue weighted by molar-refractivity contribution is 0.0937. The SMILES string of the molecule is COCCNC(=O)c1cccc(NS(=O)(=O)c2ccc(Br)cc2)c1. The lowest BCUT2D eigenvalue weighted by Crippen LogP contribution is -2.27. The molecule has 2 aromatic carbocycles. The van der Waals surface area contributed by atoms with E-state index in [4.69, 9.17) is 4.74 Å². The van der Waals surface area contributed by atoms with Crippen molar-refractivity contribution in [2.45, 2.75) is 4.90 Å². The normalized spacial score (nSPS) is 11.1. The van der Waals surface area contributed by atoms with Crippen LogP contribution in [0.4, 0.5) is 5.69 Å². The fraction of sp³-hybridized carbons (Fsp3) is 0.188. The number of methoxy groups -OCH3 is 1. The Balaban J connectivity index is 2.14. The first-order valence-corrected chi connectivity index (χ1v) is 9.35. The van der Waals surface area contributed by atoms with Crippen molar-refractivity contribution in [2.24, 2.45) is 0 Å². The van der Waals surface area contributed by atoms with E-state index < -0.39 is 10.0 Å². The van der Waals surface area contributed by atoms with Gasteiger partial charge in [0, 0.05) is 29.4 Å². The number of hydrogen-bond donors (Lipinski definition) is 2. The van der Waals surface area contributed by atoms with Gasteiger partial charge in [0.15, 0.2) is 0 Å². The Kier molecular flexibility index (Phi) is 6.36. The quantitative estimate of drug-likeness (QED) is 0.684. The van der Waals surface area contributed by atoms with Crippen LogP contribution in [0.5, 0.6) is 0 Å². The van der Waals surface area contributed by atoms with E-state index in [0.717, 1.165) is 4.47 Å². The Hall–Kier alpha value is -1.90. The number of halogens is 1. The molecule has 6 nitrogen and oxygen atoms in total. The molecule has 0 aromatic heterocycles. The predicted octanol–water partition coefficient (Wildman–Crippen LogP) is 2.63. The number of nitrogens with one attached hydrogen (secondary N) is 2. The molecule has 2 rings (SSSR count). The number of carbonyl (C=O) groups excluding carboxylic acids is 1. The molecule has 0 fully saturated rings. The summed E-state index contributed by atoms with van der Waals surface area (Å²) in [6.07, 6.45) is 0. The molecule has 0 heterocycles. The van der Waals surface area contributed by atoms with Crippen molar-refractivity contribution in [2.75, 3.05) is 25.0 Å². The van der Waals surface area contributed by atoms with E-state index in [9.17, 15) is 13.2 Å². The van der Waals surface area contributed by atoms with Crippen molar-refractivity contribution in [1.82, 2.24) is 5.32 Å². The fourth-order valence-corrected chi connectivity index (χ4v) is 3.23. The molecule has 0 spiro atoms. The highest BCUT2D eigenvalue weighted by Gasteiger charge is 2.15. The molecule has 0 atom stereocenters. The van der Waals surface area contributed by atoms with E-state index in [1.54, 1.807) is 37.4 Å². The molecule has 2 aromatic rings. The van der Waals surface area contributed by atoms with Crippen molar-refractivity contribution in [3.8, 4) is 0 Å². The van der Waals surface area contributed by atoms with Crippen molar-refractivity contribution in [3.63, 3.8) is 0 Å². The second-order valence-electron chi connectivity index (χ2n) is 4.89. The molecular weight excluding hydrogens is 396 g/mol. The molecule has 0 aliphatic heterocycles. The molecule has 128 valence electrons. The first-order chi connectivity index (χ1) is 11.4. The van der Waals surface area contributed by atoms with E-state index in [2.05, 4.69) is 26.0 Å². The molecule has 0 saturated heterocycles. The molecule has 0 unspecified atom stereocenters. The van der Waals surface area contributed by atoms with Gasteiger partial charge >= 0.3 is 0 Å². The van der Waals surface area contributed by atoms with Crippen LogP contribution < -0.4 is 10.0 Å². The van der Waals surface area contributed by atoms with Crippen LogP contribution in [0.2, 0.25) is 0 Å². The maximum atomic E-state index is 12.4. The largest absolute Gasteiger partial charge is 0.383 e. The van der Waals surface area contributed by atoms with Gasteiger partial charge in [0.2, 0.25) is 0 Å². The third kappa shape index (κ3) is 5.05. The van der Waals surface area contributed by atoms with Crippen molar-refractivity contribution < 1.29 is 17.9 Å². The zero-order chi connectivity index (χ0) is 17.6. The number of carbonyl (C=O) groups is 1. The van der Waals surface area contributed by atoms with Gasteiger partial charge in [0.1, 0.15) is 0 Å². The van der Waals surface area contributed by atoms with Gasteiger partial charge in [-0.15, -0.1) is 0 Å². The van der Waals surface area contributed by atoms with Crippen molar-refractivity contribution in [3.05, 3.63) is 58.6 Å². The lowest BCUT2D eigenvalue weighted by Gasteiger charge is -2.10. The van der Waals surface area contributed by atoms with Crippen LogP contribution in [-0.4, -0.2) is 34.6 Å². The Morgan fingerprint density at radius 3 is 2.54 bits per heavy atom. The number of hydrogen-bond acceptors (Lipinski definition) is 4. The van der Waals surface area contributed by atoms with Gasteiger partial charge in [-0.3, -0.25) is 9.52 Å². The summed E-state index contributed by atoms with van der Waals surface area (Å²) in [7, 11) is -2.17. The summed E-state index contributed by atoms with van der Waals surface area (Å²) in [5, 5.41) is 2.68. The highest BCUT2D eigenvalue weighted by atomic mass is 79.9. The van der Waals surface area contributed by atoms with Crippen LogP contribution in [-0.2, 0) is 14.8 Å². The molecule has 1 amide bonds. The Morgan fingerprint density at radius 1 is 1.17 bits per heavy atom. The summed E-state index contributed by atoms with van der Waals surface area (Å²) in [5.41, 5.74) is 0.680. The number of ether oxygens (including phenoxy) is 1. The summed E-state index contributed by atoms with van der Waals surface area (Å²) in [5.74, 6) is -0.295. The monoisotopic (exact) mass is 412 g/mol. The smallest absolute Gasteiger partial charge is 0.261 e. The van der Waals surface area contributed by atoms with Gasteiger partial charge in [0.25, 0.3) is 15.9 Å². The number of sulfonamides is 1. The van der Waals surface area contributed by atoms with E-state index in [1.165, 1.54) is 18.2 Å². The predicted molar refractivity (Wildman–Crippen MR) is 95.6 cm³/mol. The minimum Gasteiger partial charge on any atom is -0.383 e. The number of rotatable bonds is 7. The second-order valence-corrected chi connectivity index (χ2v) is 7.49.